The van der Waals surface area contributed by atoms with Gasteiger partial charge in [0.2, 0.25) is 11.8 Å². The molecule has 0 bridgehead atoms. The Morgan fingerprint density at radius 3 is 2.52 bits per heavy atom. The van der Waals surface area contributed by atoms with Crippen LogP contribution in [0.5, 0.6) is 5.75 Å². The van der Waals surface area contributed by atoms with E-state index >= 15 is 0 Å². The van der Waals surface area contributed by atoms with Crippen molar-refractivity contribution in [3.05, 3.63) is 39.7 Å². The first kappa shape index (κ1) is 22.8. The molecule has 1 aliphatic rings. The topological polar surface area (TPSA) is 88.9 Å². The van der Waals surface area contributed by atoms with E-state index in [9.17, 15) is 14.4 Å². The van der Waals surface area contributed by atoms with Crippen LogP contribution >= 0.6 is 0 Å². The summed E-state index contributed by atoms with van der Waals surface area (Å²) in [5.41, 5.74) is 1.03. The predicted molar refractivity (Wildman–Crippen MR) is 119 cm³/mol. The van der Waals surface area contributed by atoms with E-state index < -0.39 is 5.63 Å². The summed E-state index contributed by atoms with van der Waals surface area (Å²) in [4.78, 5) is 39.2. The maximum absolute atomic E-state index is 12.5. The Morgan fingerprint density at radius 2 is 1.90 bits per heavy atom. The number of fused-ring (bicyclic) bond motifs is 1. The lowest BCUT2D eigenvalue weighted by Crippen LogP contribution is -2.49. The lowest BCUT2D eigenvalue weighted by molar-refractivity contribution is -0.140. The monoisotopic (exact) mass is 428 g/mol. The number of piperidine rings is 1. The molecule has 31 heavy (non-hydrogen) atoms. The van der Waals surface area contributed by atoms with Crippen molar-refractivity contribution in [3.8, 4) is 5.75 Å². The van der Waals surface area contributed by atoms with Crippen LogP contribution in [0.15, 0.2) is 27.4 Å². The Morgan fingerprint density at radius 1 is 1.23 bits per heavy atom. The van der Waals surface area contributed by atoms with Crippen LogP contribution in [0.2, 0.25) is 0 Å². The lowest BCUT2D eigenvalue weighted by atomic mass is 9.93. The third-order valence-electron chi connectivity index (χ3n) is 5.89. The first-order valence-electron chi connectivity index (χ1n) is 10.8. The molecule has 168 valence electrons. The zero-order valence-corrected chi connectivity index (χ0v) is 19.0. The summed E-state index contributed by atoms with van der Waals surface area (Å²) in [6.07, 6.45) is 2.02. The number of nitrogens with one attached hydrogen (secondary N) is 1. The molecule has 1 fully saturated rings. The highest BCUT2D eigenvalue weighted by Gasteiger charge is 2.30. The average Bonchev–Trinajstić information content (AvgIpc) is 2.72. The van der Waals surface area contributed by atoms with Gasteiger partial charge in [-0.15, -0.1) is 0 Å². The summed E-state index contributed by atoms with van der Waals surface area (Å²) in [5.74, 6) is 0.681. The quantitative estimate of drug-likeness (QED) is 0.739. The largest absolute Gasteiger partial charge is 0.497 e. The second kappa shape index (κ2) is 9.12. The third kappa shape index (κ3) is 5.27. The summed E-state index contributed by atoms with van der Waals surface area (Å²) in [6, 6.07) is 5.43. The SMILES string of the molecule is COc1ccc2c(C)c(CCC(=O)NC3CCN(C(=O)C(C)(C)C)CC3)c(=O)oc2c1. The number of nitrogens with zero attached hydrogens (tertiary/aromatic N) is 1. The fraction of sp³-hybridized carbons (Fsp3) is 0.542. The van der Waals surface area contributed by atoms with Gasteiger partial charge in [-0.2, -0.15) is 0 Å². The molecular formula is C24H32N2O5. The molecule has 7 nitrogen and oxygen atoms in total. The number of aryl methyl sites for hydroxylation is 1. The zero-order valence-electron chi connectivity index (χ0n) is 19.0. The standard InChI is InChI=1S/C24H32N2O5/c1-15-18-7-6-17(30-5)14-20(18)31-22(28)19(15)8-9-21(27)25-16-10-12-26(13-11-16)23(29)24(2,3)4/h6-7,14,16H,8-13H2,1-5H3,(H,25,27). The smallest absolute Gasteiger partial charge is 0.339 e. The molecule has 2 aromatic rings. The zero-order chi connectivity index (χ0) is 22.8. The number of methoxy groups -OCH3 is 1. The first-order chi connectivity index (χ1) is 14.6. The number of hydrogen-bond acceptors (Lipinski definition) is 5. The molecule has 2 amide bonds. The maximum atomic E-state index is 12.5. The number of likely N-dealkylation sites (tertiary alicyclic amines) is 1. The fourth-order valence-electron chi connectivity index (χ4n) is 4.03. The Kier molecular flexibility index (Phi) is 6.72. The van der Waals surface area contributed by atoms with Gasteiger partial charge in [0.1, 0.15) is 11.3 Å². The van der Waals surface area contributed by atoms with E-state index in [0.717, 1.165) is 23.8 Å². The van der Waals surface area contributed by atoms with Gasteiger partial charge in [0, 0.05) is 48.0 Å². The molecule has 2 heterocycles. The van der Waals surface area contributed by atoms with Gasteiger partial charge in [-0.1, -0.05) is 20.8 Å². The average molecular weight is 429 g/mol. The van der Waals surface area contributed by atoms with Gasteiger partial charge in [0.05, 0.1) is 7.11 Å². The van der Waals surface area contributed by atoms with Crippen molar-refractivity contribution in [2.45, 2.75) is 59.4 Å². The number of carbonyl (C=O) groups is 2. The molecule has 3 rings (SSSR count). The van der Waals surface area contributed by atoms with E-state index in [0.29, 0.717) is 36.4 Å². The highest BCUT2D eigenvalue weighted by atomic mass is 16.5. The van der Waals surface area contributed by atoms with Crippen molar-refractivity contribution in [1.82, 2.24) is 10.2 Å². The number of rotatable bonds is 5. The van der Waals surface area contributed by atoms with Crippen molar-refractivity contribution < 1.29 is 18.7 Å². The van der Waals surface area contributed by atoms with E-state index in [2.05, 4.69) is 5.32 Å². The van der Waals surface area contributed by atoms with E-state index in [1.807, 2.05) is 44.7 Å². The van der Waals surface area contributed by atoms with Crippen molar-refractivity contribution in [2.24, 2.45) is 5.41 Å². The number of amides is 2. The van der Waals surface area contributed by atoms with Crippen LogP contribution in [0.25, 0.3) is 11.0 Å². The molecule has 0 atom stereocenters. The molecule has 7 heteroatoms. The Hall–Kier alpha value is -2.83. The van der Waals surface area contributed by atoms with Gasteiger partial charge in [0.25, 0.3) is 0 Å². The minimum Gasteiger partial charge on any atom is -0.497 e. The predicted octanol–water partition coefficient (Wildman–Crippen LogP) is 3.20. The summed E-state index contributed by atoms with van der Waals surface area (Å²) in [5, 5.41) is 3.89. The van der Waals surface area contributed by atoms with Crippen LogP contribution in [0.3, 0.4) is 0 Å². The first-order valence-corrected chi connectivity index (χ1v) is 10.8. The van der Waals surface area contributed by atoms with Crippen molar-refractivity contribution in [2.75, 3.05) is 20.2 Å². The third-order valence-corrected chi connectivity index (χ3v) is 5.89. The molecule has 0 aliphatic carbocycles. The molecule has 0 unspecified atom stereocenters. The highest BCUT2D eigenvalue weighted by Crippen LogP contribution is 2.25. The number of carbonyl (C=O) groups excluding carboxylic acids is 2. The molecule has 1 aromatic heterocycles. The van der Waals surface area contributed by atoms with Gasteiger partial charge >= 0.3 is 5.63 Å². The van der Waals surface area contributed by atoms with E-state index in [1.165, 1.54) is 0 Å². The second-order valence-electron chi connectivity index (χ2n) is 9.24. The maximum Gasteiger partial charge on any atom is 0.339 e. The molecule has 1 saturated heterocycles. The fourth-order valence-corrected chi connectivity index (χ4v) is 4.03. The van der Waals surface area contributed by atoms with Crippen LogP contribution < -0.4 is 15.7 Å². The van der Waals surface area contributed by atoms with Crippen LogP contribution in [-0.2, 0) is 16.0 Å². The van der Waals surface area contributed by atoms with Crippen LogP contribution in [0.4, 0.5) is 0 Å². The van der Waals surface area contributed by atoms with Crippen molar-refractivity contribution in [1.29, 1.82) is 0 Å². The van der Waals surface area contributed by atoms with Crippen LogP contribution in [0.1, 0.15) is 51.2 Å². The molecule has 1 aliphatic heterocycles. The Balaban J connectivity index is 1.57. The second-order valence-corrected chi connectivity index (χ2v) is 9.24. The van der Waals surface area contributed by atoms with Gasteiger partial charge in [-0.25, -0.2) is 4.79 Å². The minimum atomic E-state index is -0.417. The molecule has 0 radical (unpaired) electrons. The minimum absolute atomic E-state index is 0.0538. The Labute approximate surface area is 182 Å². The van der Waals surface area contributed by atoms with Crippen LogP contribution in [0, 0.1) is 12.3 Å². The van der Waals surface area contributed by atoms with Gasteiger partial charge in [-0.05, 0) is 43.9 Å². The summed E-state index contributed by atoms with van der Waals surface area (Å²) >= 11 is 0. The molecule has 1 N–H and O–H groups in total. The van der Waals surface area contributed by atoms with Gasteiger partial charge in [0.15, 0.2) is 0 Å². The van der Waals surface area contributed by atoms with Crippen molar-refractivity contribution in [3.63, 3.8) is 0 Å². The summed E-state index contributed by atoms with van der Waals surface area (Å²) < 4.78 is 10.6. The number of ether oxygens (including phenoxy) is 1. The lowest BCUT2D eigenvalue weighted by Gasteiger charge is -2.36. The Bertz CT molecular complexity index is 1030. The highest BCUT2D eigenvalue weighted by molar-refractivity contribution is 5.83. The summed E-state index contributed by atoms with van der Waals surface area (Å²) in [6.45, 7) is 8.94. The molecule has 1 aromatic carbocycles. The van der Waals surface area contributed by atoms with E-state index in [4.69, 9.17) is 9.15 Å². The van der Waals surface area contributed by atoms with Crippen LogP contribution in [-0.4, -0.2) is 43.0 Å². The molecule has 0 spiro atoms. The normalized spacial score (nSPS) is 15.2. The summed E-state index contributed by atoms with van der Waals surface area (Å²) in [7, 11) is 1.56. The van der Waals surface area contributed by atoms with Gasteiger partial charge < -0.3 is 19.4 Å². The van der Waals surface area contributed by atoms with E-state index in [-0.39, 0.29) is 29.7 Å². The molecular weight excluding hydrogens is 396 g/mol. The number of hydrogen-bond donors (Lipinski definition) is 1. The van der Waals surface area contributed by atoms with E-state index in [1.54, 1.807) is 13.2 Å². The number of benzene rings is 1. The molecule has 0 saturated carbocycles. The van der Waals surface area contributed by atoms with Crippen molar-refractivity contribution >= 4 is 22.8 Å². The van der Waals surface area contributed by atoms with Gasteiger partial charge in [-0.3, -0.25) is 9.59 Å².